The third kappa shape index (κ3) is 1.79. The molecule has 5 heteroatoms. The van der Waals surface area contributed by atoms with E-state index in [1.54, 1.807) is 12.1 Å². The van der Waals surface area contributed by atoms with E-state index in [2.05, 4.69) is 15.9 Å². The third-order valence-corrected chi connectivity index (χ3v) is 3.34. The Morgan fingerprint density at radius 2 is 2.13 bits per heavy atom. The number of amides is 1. The Balaban J connectivity index is 2.41. The molecule has 4 nitrogen and oxygen atoms in total. The van der Waals surface area contributed by atoms with Gasteiger partial charge in [0.05, 0.1) is 6.54 Å². The van der Waals surface area contributed by atoms with Crippen LogP contribution in [-0.2, 0) is 13.0 Å². The van der Waals surface area contributed by atoms with Crippen LogP contribution >= 0.6 is 15.9 Å². The summed E-state index contributed by atoms with van der Waals surface area (Å²) >= 11 is 3.36. The lowest BCUT2D eigenvalue weighted by Crippen LogP contribution is -2.34. The van der Waals surface area contributed by atoms with Crippen molar-refractivity contribution >= 4 is 22.0 Å². The molecule has 0 spiro atoms. The molecular weight excluding hydrogens is 262 g/mol. The summed E-state index contributed by atoms with van der Waals surface area (Å²) in [6.07, 6.45) is -0.358. The van der Waals surface area contributed by atoms with Crippen LogP contribution in [0.3, 0.4) is 0 Å². The van der Waals surface area contributed by atoms with Crippen LogP contribution < -0.4 is 0 Å². The zero-order valence-electron chi connectivity index (χ0n) is 7.90. The third-order valence-electron chi connectivity index (χ3n) is 2.60. The minimum absolute atomic E-state index is 0.248. The molecule has 0 radical (unpaired) electrons. The predicted molar refractivity (Wildman–Crippen MR) is 57.9 cm³/mol. The van der Waals surface area contributed by atoms with E-state index in [-0.39, 0.29) is 5.75 Å². The van der Waals surface area contributed by atoms with Crippen molar-refractivity contribution in [2.24, 2.45) is 0 Å². The highest BCUT2D eigenvalue weighted by Gasteiger charge is 2.23. The number of hydrogen-bond donors (Lipinski definition) is 2. The summed E-state index contributed by atoms with van der Waals surface area (Å²) in [5, 5.41) is 18.5. The number of aromatic hydroxyl groups is 1. The second kappa shape index (κ2) is 3.73. The maximum atomic E-state index is 10.8. The van der Waals surface area contributed by atoms with Crippen molar-refractivity contribution in [2.45, 2.75) is 13.0 Å². The summed E-state index contributed by atoms with van der Waals surface area (Å²) in [6, 6.07) is 3.36. The fourth-order valence-corrected chi connectivity index (χ4v) is 2.28. The largest absolute Gasteiger partial charge is 0.508 e. The van der Waals surface area contributed by atoms with Crippen LogP contribution in [-0.4, -0.2) is 27.8 Å². The lowest BCUT2D eigenvalue weighted by molar-refractivity contribution is 0.139. The Kier molecular flexibility index (Phi) is 2.56. The van der Waals surface area contributed by atoms with Crippen molar-refractivity contribution in [3.8, 4) is 5.75 Å². The lowest BCUT2D eigenvalue weighted by Gasteiger charge is -2.27. The minimum Gasteiger partial charge on any atom is -0.508 e. The van der Waals surface area contributed by atoms with Crippen LogP contribution in [0.2, 0.25) is 0 Å². The van der Waals surface area contributed by atoms with E-state index in [4.69, 9.17) is 5.11 Å². The summed E-state index contributed by atoms with van der Waals surface area (Å²) in [6.45, 7) is 0.770. The standard InChI is InChI=1S/C10H10BrNO3/c11-8-1-2-9(13)6-3-4-12(10(14)15)5-7(6)8/h1-2,13H,3-5H2,(H,14,15). The summed E-state index contributed by atoms with van der Waals surface area (Å²) in [4.78, 5) is 12.1. The molecule has 1 aromatic rings. The molecule has 0 atom stereocenters. The Hall–Kier alpha value is -1.23. The van der Waals surface area contributed by atoms with Crippen LogP contribution in [0.5, 0.6) is 5.75 Å². The molecule has 0 aliphatic carbocycles. The molecule has 0 saturated heterocycles. The molecule has 1 amide bonds. The van der Waals surface area contributed by atoms with Crippen LogP contribution in [0.4, 0.5) is 4.79 Å². The van der Waals surface area contributed by atoms with Gasteiger partial charge < -0.3 is 15.1 Å². The number of carboxylic acid groups (broad SMARTS) is 1. The van der Waals surface area contributed by atoms with Gasteiger partial charge >= 0.3 is 6.09 Å². The van der Waals surface area contributed by atoms with E-state index >= 15 is 0 Å². The van der Waals surface area contributed by atoms with Crippen LogP contribution in [0, 0.1) is 0 Å². The number of hydrogen-bond acceptors (Lipinski definition) is 2. The second-order valence-electron chi connectivity index (χ2n) is 3.48. The van der Waals surface area contributed by atoms with Gasteiger partial charge in [-0.05, 0) is 24.1 Å². The van der Waals surface area contributed by atoms with Gasteiger partial charge in [0.2, 0.25) is 0 Å². The van der Waals surface area contributed by atoms with Crippen molar-refractivity contribution in [1.82, 2.24) is 4.90 Å². The van der Waals surface area contributed by atoms with Gasteiger partial charge in [0.1, 0.15) is 5.75 Å². The van der Waals surface area contributed by atoms with Crippen LogP contribution in [0.1, 0.15) is 11.1 Å². The Morgan fingerprint density at radius 1 is 1.40 bits per heavy atom. The van der Waals surface area contributed by atoms with E-state index in [0.29, 0.717) is 19.5 Å². The van der Waals surface area contributed by atoms with Crippen LogP contribution in [0.15, 0.2) is 16.6 Å². The first-order valence-electron chi connectivity index (χ1n) is 4.56. The molecule has 1 aliphatic heterocycles. The number of rotatable bonds is 0. The Morgan fingerprint density at radius 3 is 2.80 bits per heavy atom. The van der Waals surface area contributed by atoms with E-state index < -0.39 is 6.09 Å². The average molecular weight is 272 g/mol. The van der Waals surface area contributed by atoms with E-state index in [0.717, 1.165) is 15.6 Å². The first-order chi connectivity index (χ1) is 7.09. The number of nitrogens with zero attached hydrogens (tertiary/aromatic N) is 1. The molecule has 0 fully saturated rings. The molecule has 2 rings (SSSR count). The summed E-state index contributed by atoms with van der Waals surface area (Å²) in [7, 11) is 0. The van der Waals surface area contributed by atoms with Gasteiger partial charge in [-0.1, -0.05) is 15.9 Å². The van der Waals surface area contributed by atoms with Crippen LogP contribution in [0.25, 0.3) is 0 Å². The number of carbonyl (C=O) groups is 1. The molecule has 0 saturated carbocycles. The monoisotopic (exact) mass is 271 g/mol. The molecule has 80 valence electrons. The normalized spacial score (nSPS) is 14.9. The molecule has 0 aromatic heterocycles. The van der Waals surface area contributed by atoms with Gasteiger partial charge in [0.25, 0.3) is 0 Å². The van der Waals surface area contributed by atoms with E-state index in [1.807, 2.05) is 0 Å². The van der Waals surface area contributed by atoms with Gasteiger partial charge in [-0.2, -0.15) is 0 Å². The highest BCUT2D eigenvalue weighted by atomic mass is 79.9. The SMILES string of the molecule is O=C(O)N1CCc2c(O)ccc(Br)c2C1. The van der Waals surface area contributed by atoms with Crippen molar-refractivity contribution in [3.05, 3.63) is 27.7 Å². The number of benzene rings is 1. The maximum Gasteiger partial charge on any atom is 0.407 e. The summed E-state index contributed by atoms with van der Waals surface area (Å²) < 4.78 is 0.848. The van der Waals surface area contributed by atoms with Gasteiger partial charge in [-0.25, -0.2) is 4.79 Å². The number of fused-ring (bicyclic) bond motifs is 1. The van der Waals surface area contributed by atoms with Crippen molar-refractivity contribution in [1.29, 1.82) is 0 Å². The molecule has 2 N–H and O–H groups in total. The first-order valence-corrected chi connectivity index (χ1v) is 5.36. The van der Waals surface area contributed by atoms with Crippen molar-refractivity contribution in [3.63, 3.8) is 0 Å². The second-order valence-corrected chi connectivity index (χ2v) is 4.33. The van der Waals surface area contributed by atoms with Gasteiger partial charge in [0, 0.05) is 16.6 Å². The highest BCUT2D eigenvalue weighted by molar-refractivity contribution is 9.10. The van der Waals surface area contributed by atoms with Gasteiger partial charge in [-0.3, -0.25) is 0 Å². The zero-order chi connectivity index (χ0) is 11.0. The molecule has 1 aliphatic rings. The molecule has 0 unspecified atom stereocenters. The molecule has 15 heavy (non-hydrogen) atoms. The molecule has 1 aromatic carbocycles. The molecule has 0 bridgehead atoms. The quantitative estimate of drug-likeness (QED) is 0.761. The predicted octanol–water partition coefficient (Wildman–Crippen LogP) is 2.19. The fourth-order valence-electron chi connectivity index (χ4n) is 1.78. The summed E-state index contributed by atoms with van der Waals surface area (Å²) in [5.74, 6) is 0.248. The molecular formula is C10H10BrNO3. The highest BCUT2D eigenvalue weighted by Crippen LogP contribution is 2.32. The van der Waals surface area contributed by atoms with E-state index in [1.165, 1.54) is 4.90 Å². The minimum atomic E-state index is -0.920. The number of phenolic OH excluding ortho intramolecular Hbond substituents is 1. The maximum absolute atomic E-state index is 10.8. The van der Waals surface area contributed by atoms with E-state index in [9.17, 15) is 9.90 Å². The Bertz CT molecular complexity index is 419. The Labute approximate surface area is 95.3 Å². The fraction of sp³-hybridized carbons (Fsp3) is 0.300. The average Bonchev–Trinajstić information content (AvgIpc) is 2.23. The van der Waals surface area contributed by atoms with Gasteiger partial charge in [0.15, 0.2) is 0 Å². The van der Waals surface area contributed by atoms with Gasteiger partial charge in [-0.15, -0.1) is 0 Å². The first kappa shape index (κ1) is 10.3. The van der Waals surface area contributed by atoms with Crippen molar-refractivity contribution < 1.29 is 15.0 Å². The number of phenols is 1. The smallest absolute Gasteiger partial charge is 0.407 e. The summed E-state index contributed by atoms with van der Waals surface area (Å²) in [5.41, 5.74) is 1.71. The topological polar surface area (TPSA) is 60.8 Å². The number of halogens is 1. The zero-order valence-corrected chi connectivity index (χ0v) is 9.49. The lowest BCUT2D eigenvalue weighted by atomic mass is 9.99. The molecule has 1 heterocycles. The van der Waals surface area contributed by atoms with Crippen molar-refractivity contribution in [2.75, 3.05) is 6.54 Å².